The second-order valence-electron chi connectivity index (χ2n) is 6.27. The zero-order chi connectivity index (χ0) is 21.4. The predicted molar refractivity (Wildman–Crippen MR) is 106 cm³/mol. The number of nitrogens with one attached hydrogen (secondary N) is 2. The molecule has 0 aromatic heterocycles. The van der Waals surface area contributed by atoms with Gasteiger partial charge in [-0.1, -0.05) is 12.1 Å². The van der Waals surface area contributed by atoms with E-state index in [1.54, 1.807) is 6.07 Å². The van der Waals surface area contributed by atoms with Crippen molar-refractivity contribution in [2.45, 2.75) is 20.3 Å². The quantitative estimate of drug-likeness (QED) is 0.399. The molecule has 0 heterocycles. The fourth-order valence-corrected chi connectivity index (χ4v) is 2.41. The number of carbonyl (C=O) groups excluding carboxylic acids is 3. The zero-order valence-corrected chi connectivity index (χ0v) is 16.1. The molecule has 9 heteroatoms. The molecule has 2 aromatic rings. The number of esters is 1. The van der Waals surface area contributed by atoms with Gasteiger partial charge >= 0.3 is 5.97 Å². The van der Waals surface area contributed by atoms with Crippen LogP contribution < -0.4 is 10.6 Å². The van der Waals surface area contributed by atoms with Crippen molar-refractivity contribution in [1.29, 1.82) is 0 Å². The maximum atomic E-state index is 11.9. The molecule has 0 fully saturated rings. The van der Waals surface area contributed by atoms with Gasteiger partial charge in [0, 0.05) is 29.9 Å². The van der Waals surface area contributed by atoms with Gasteiger partial charge in [0.1, 0.15) is 0 Å². The first-order valence-electron chi connectivity index (χ1n) is 8.82. The normalized spacial score (nSPS) is 10.1. The van der Waals surface area contributed by atoms with Crippen LogP contribution >= 0.6 is 0 Å². The minimum absolute atomic E-state index is 0.00720. The largest absolute Gasteiger partial charge is 0.456 e. The highest BCUT2D eigenvalue weighted by Gasteiger charge is 2.12. The van der Waals surface area contributed by atoms with Gasteiger partial charge in [-0.25, -0.2) is 0 Å². The number of anilines is 1. The van der Waals surface area contributed by atoms with Crippen LogP contribution in [0.25, 0.3) is 0 Å². The minimum Gasteiger partial charge on any atom is -0.456 e. The third kappa shape index (κ3) is 6.42. The van der Waals surface area contributed by atoms with E-state index in [1.165, 1.54) is 24.3 Å². The Labute approximate surface area is 167 Å². The fraction of sp³-hybridized carbons (Fsp3) is 0.250. The minimum atomic E-state index is -0.634. The van der Waals surface area contributed by atoms with Gasteiger partial charge in [0.05, 0.1) is 11.3 Å². The molecule has 2 amide bonds. The van der Waals surface area contributed by atoms with Crippen molar-refractivity contribution in [2.75, 3.05) is 18.5 Å². The smallest absolute Gasteiger partial charge is 0.308 e. The molecule has 0 saturated heterocycles. The molecular formula is C20H21N3O6. The van der Waals surface area contributed by atoms with E-state index < -0.39 is 29.3 Å². The number of hydrogen-bond acceptors (Lipinski definition) is 6. The average molecular weight is 399 g/mol. The number of non-ortho nitro benzene ring substituents is 1. The third-order valence-corrected chi connectivity index (χ3v) is 4.20. The van der Waals surface area contributed by atoms with Crippen LogP contribution in [-0.4, -0.2) is 35.9 Å². The molecule has 2 aromatic carbocycles. The maximum Gasteiger partial charge on any atom is 0.308 e. The van der Waals surface area contributed by atoms with Crippen LogP contribution in [0.1, 0.15) is 27.9 Å². The highest BCUT2D eigenvalue weighted by atomic mass is 16.6. The van der Waals surface area contributed by atoms with Crippen molar-refractivity contribution in [3.63, 3.8) is 0 Å². The van der Waals surface area contributed by atoms with E-state index in [0.29, 0.717) is 5.69 Å². The van der Waals surface area contributed by atoms with Crippen molar-refractivity contribution in [3.8, 4) is 0 Å². The topological polar surface area (TPSA) is 128 Å². The summed E-state index contributed by atoms with van der Waals surface area (Å²) in [5.41, 5.74) is 2.73. The van der Waals surface area contributed by atoms with Crippen molar-refractivity contribution in [2.24, 2.45) is 0 Å². The molecule has 2 rings (SSSR count). The van der Waals surface area contributed by atoms with E-state index in [1.807, 2.05) is 26.0 Å². The summed E-state index contributed by atoms with van der Waals surface area (Å²) < 4.78 is 4.90. The number of aryl methyl sites for hydroxylation is 1. The summed E-state index contributed by atoms with van der Waals surface area (Å²) in [6.45, 7) is 3.39. The lowest BCUT2D eigenvalue weighted by Gasteiger charge is -2.10. The Morgan fingerprint density at radius 3 is 2.41 bits per heavy atom. The van der Waals surface area contributed by atoms with E-state index in [0.717, 1.165) is 11.1 Å². The van der Waals surface area contributed by atoms with E-state index in [2.05, 4.69) is 10.6 Å². The second kappa shape index (κ2) is 9.98. The van der Waals surface area contributed by atoms with Crippen molar-refractivity contribution in [3.05, 3.63) is 69.3 Å². The van der Waals surface area contributed by atoms with E-state index in [4.69, 9.17) is 4.74 Å². The number of benzene rings is 2. The van der Waals surface area contributed by atoms with Gasteiger partial charge in [-0.15, -0.1) is 0 Å². The lowest BCUT2D eigenvalue weighted by molar-refractivity contribution is -0.384. The Kier molecular flexibility index (Phi) is 7.41. The van der Waals surface area contributed by atoms with Crippen LogP contribution in [0.2, 0.25) is 0 Å². The lowest BCUT2D eigenvalue weighted by atomic mass is 10.1. The molecule has 9 nitrogen and oxygen atoms in total. The Morgan fingerprint density at radius 1 is 1.07 bits per heavy atom. The molecule has 29 heavy (non-hydrogen) atoms. The van der Waals surface area contributed by atoms with E-state index in [9.17, 15) is 24.5 Å². The molecule has 0 unspecified atom stereocenters. The van der Waals surface area contributed by atoms with Crippen LogP contribution in [0.15, 0.2) is 42.5 Å². The van der Waals surface area contributed by atoms with Gasteiger partial charge in [-0.3, -0.25) is 24.5 Å². The number of nitrogens with zero attached hydrogens (tertiary/aromatic N) is 1. The Balaban J connectivity index is 1.71. The van der Waals surface area contributed by atoms with Crippen molar-refractivity contribution in [1.82, 2.24) is 5.32 Å². The molecule has 0 bridgehead atoms. The predicted octanol–water partition coefficient (Wildman–Crippen LogP) is 2.51. The fourth-order valence-electron chi connectivity index (χ4n) is 2.41. The first kappa shape index (κ1) is 21.5. The first-order chi connectivity index (χ1) is 13.8. The van der Waals surface area contributed by atoms with E-state index in [-0.39, 0.29) is 24.2 Å². The number of hydrogen-bond donors (Lipinski definition) is 2. The SMILES string of the molecule is Cc1cccc(NC(=O)COC(=O)CCNC(=O)c2ccc([N+](=O)[O-])cc2)c1C. The molecule has 0 radical (unpaired) electrons. The first-order valence-corrected chi connectivity index (χ1v) is 8.82. The van der Waals surface area contributed by atoms with Crippen molar-refractivity contribution >= 4 is 29.2 Å². The summed E-state index contributed by atoms with van der Waals surface area (Å²) in [4.78, 5) is 45.6. The van der Waals surface area contributed by atoms with Gasteiger partial charge in [0.2, 0.25) is 0 Å². The zero-order valence-electron chi connectivity index (χ0n) is 16.1. The van der Waals surface area contributed by atoms with Gasteiger partial charge in [-0.05, 0) is 43.2 Å². The van der Waals surface area contributed by atoms with Crippen LogP contribution in [0.4, 0.5) is 11.4 Å². The summed E-state index contributed by atoms with van der Waals surface area (Å²) in [6.07, 6.45) is -0.116. The van der Waals surface area contributed by atoms with Gasteiger partial charge in [0.25, 0.3) is 17.5 Å². The summed E-state index contributed by atoms with van der Waals surface area (Å²) in [5.74, 6) is -1.56. The summed E-state index contributed by atoms with van der Waals surface area (Å²) in [6, 6.07) is 10.6. The number of ether oxygens (including phenoxy) is 1. The Morgan fingerprint density at radius 2 is 1.76 bits per heavy atom. The van der Waals surface area contributed by atoms with Gasteiger partial charge in [0.15, 0.2) is 6.61 Å². The Hall–Kier alpha value is -3.75. The Bertz CT molecular complexity index is 924. The van der Waals surface area contributed by atoms with Gasteiger partial charge < -0.3 is 15.4 Å². The number of carbonyl (C=O) groups is 3. The molecule has 0 aliphatic carbocycles. The summed E-state index contributed by atoms with van der Waals surface area (Å²) >= 11 is 0. The molecule has 0 atom stereocenters. The third-order valence-electron chi connectivity index (χ3n) is 4.20. The molecule has 0 spiro atoms. The molecular weight excluding hydrogens is 378 g/mol. The number of nitro benzene ring substituents is 1. The maximum absolute atomic E-state index is 11.9. The molecule has 0 saturated carbocycles. The van der Waals surface area contributed by atoms with Crippen LogP contribution in [0, 0.1) is 24.0 Å². The number of rotatable bonds is 8. The molecule has 152 valence electrons. The monoisotopic (exact) mass is 399 g/mol. The van der Waals surface area contributed by atoms with E-state index >= 15 is 0 Å². The van der Waals surface area contributed by atoms with Crippen LogP contribution in [-0.2, 0) is 14.3 Å². The number of nitro groups is 1. The summed E-state index contributed by atoms with van der Waals surface area (Å²) in [7, 11) is 0. The standard InChI is InChI=1S/C20H21N3O6/c1-13-4-3-5-17(14(13)2)22-18(24)12-29-19(25)10-11-21-20(26)15-6-8-16(9-7-15)23(27)28/h3-9H,10-12H2,1-2H3,(H,21,26)(H,22,24). The lowest BCUT2D eigenvalue weighted by Crippen LogP contribution is -2.27. The molecule has 2 N–H and O–H groups in total. The van der Waals surface area contributed by atoms with Gasteiger partial charge in [-0.2, -0.15) is 0 Å². The average Bonchev–Trinajstić information content (AvgIpc) is 2.70. The van der Waals surface area contributed by atoms with Crippen LogP contribution in [0.3, 0.4) is 0 Å². The molecule has 0 aliphatic rings. The van der Waals surface area contributed by atoms with Crippen molar-refractivity contribution < 1.29 is 24.0 Å². The highest BCUT2D eigenvalue weighted by Crippen LogP contribution is 2.17. The highest BCUT2D eigenvalue weighted by molar-refractivity contribution is 5.95. The second-order valence-corrected chi connectivity index (χ2v) is 6.27. The molecule has 0 aliphatic heterocycles. The number of amides is 2. The van der Waals surface area contributed by atoms with Crippen LogP contribution in [0.5, 0.6) is 0 Å². The summed E-state index contributed by atoms with van der Waals surface area (Å²) in [5, 5.41) is 15.8.